The van der Waals surface area contributed by atoms with Crippen molar-refractivity contribution in [1.82, 2.24) is 14.0 Å². The van der Waals surface area contributed by atoms with Crippen LogP contribution in [0.4, 0.5) is 0 Å². The van der Waals surface area contributed by atoms with Crippen LogP contribution in [0.25, 0.3) is 27.6 Å². The number of imidazole rings is 1. The maximum atomic E-state index is 13.3. The van der Waals surface area contributed by atoms with Gasteiger partial charge in [0.1, 0.15) is 16.8 Å². The van der Waals surface area contributed by atoms with Crippen molar-refractivity contribution in [2.75, 3.05) is 0 Å². The molecule has 3 heterocycles. The van der Waals surface area contributed by atoms with E-state index in [1.807, 2.05) is 77.3 Å². The molecule has 3 aromatic heterocycles. The molecule has 2 aromatic carbocycles. The summed E-state index contributed by atoms with van der Waals surface area (Å²) in [5, 5.41) is 2.13. The highest BCUT2D eigenvalue weighted by Gasteiger charge is 2.16. The lowest BCUT2D eigenvalue weighted by molar-refractivity contribution is 0.787. The number of hydrogen-bond acceptors (Lipinski definition) is 2. The van der Waals surface area contributed by atoms with Gasteiger partial charge >= 0.3 is 0 Å². The topological polar surface area (TPSA) is 39.3 Å². The average Bonchev–Trinajstić information content (AvgIpc) is 3.05. The van der Waals surface area contributed by atoms with E-state index < -0.39 is 0 Å². The molecule has 0 bridgehead atoms. The standard InChI is InChI=1S/C21H14ClN3O/c22-15-10-11-18-23-19-16-8-4-5-9-17(16)21(26)25(20(19)24(18)13-15)12-14-6-2-1-3-7-14/h1-11,13H,12H2. The van der Waals surface area contributed by atoms with E-state index in [9.17, 15) is 4.79 Å². The van der Waals surface area contributed by atoms with Crippen molar-refractivity contribution < 1.29 is 0 Å². The molecule has 5 heteroatoms. The maximum absolute atomic E-state index is 13.3. The molecule has 0 fully saturated rings. The number of pyridine rings is 2. The van der Waals surface area contributed by atoms with Gasteiger partial charge in [-0.25, -0.2) is 4.98 Å². The summed E-state index contributed by atoms with van der Waals surface area (Å²) in [6, 6.07) is 21.3. The first-order valence-electron chi connectivity index (χ1n) is 8.35. The fourth-order valence-corrected chi connectivity index (χ4v) is 3.64. The minimum Gasteiger partial charge on any atom is -0.287 e. The first-order valence-corrected chi connectivity index (χ1v) is 8.73. The lowest BCUT2D eigenvalue weighted by Gasteiger charge is -2.11. The first-order chi connectivity index (χ1) is 12.7. The zero-order chi connectivity index (χ0) is 17.7. The average molecular weight is 360 g/mol. The second-order valence-corrected chi connectivity index (χ2v) is 6.72. The third kappa shape index (κ3) is 2.23. The molecule has 5 rings (SSSR count). The molecule has 4 nitrogen and oxygen atoms in total. The number of nitrogens with zero attached hydrogens (tertiary/aromatic N) is 3. The fraction of sp³-hybridized carbons (Fsp3) is 0.0476. The highest BCUT2D eigenvalue weighted by atomic mass is 35.5. The molecule has 0 aliphatic rings. The van der Waals surface area contributed by atoms with Crippen LogP contribution >= 0.6 is 11.6 Å². The van der Waals surface area contributed by atoms with Crippen LogP contribution in [0.5, 0.6) is 0 Å². The van der Waals surface area contributed by atoms with Crippen LogP contribution in [0, 0.1) is 0 Å². The van der Waals surface area contributed by atoms with E-state index in [1.165, 1.54) is 0 Å². The number of fused-ring (bicyclic) bond motifs is 5. The van der Waals surface area contributed by atoms with Gasteiger partial charge in [0.05, 0.1) is 11.6 Å². The van der Waals surface area contributed by atoms with Crippen LogP contribution in [0.15, 0.2) is 77.7 Å². The van der Waals surface area contributed by atoms with E-state index >= 15 is 0 Å². The quantitative estimate of drug-likeness (QED) is 0.465. The van der Waals surface area contributed by atoms with E-state index in [-0.39, 0.29) is 5.56 Å². The molecule has 0 unspecified atom stereocenters. The predicted molar refractivity (Wildman–Crippen MR) is 105 cm³/mol. The van der Waals surface area contributed by atoms with Crippen LogP contribution < -0.4 is 5.56 Å². The summed E-state index contributed by atoms with van der Waals surface area (Å²) in [6.07, 6.45) is 1.81. The Labute approximate surface area is 153 Å². The van der Waals surface area contributed by atoms with Crippen LogP contribution in [-0.2, 0) is 6.54 Å². The zero-order valence-electron chi connectivity index (χ0n) is 13.8. The second kappa shape index (κ2) is 5.71. The van der Waals surface area contributed by atoms with Gasteiger partial charge in [-0.1, -0.05) is 60.1 Å². The Bertz CT molecular complexity index is 1340. The largest absolute Gasteiger partial charge is 0.287 e. The van der Waals surface area contributed by atoms with Gasteiger partial charge in [-0.05, 0) is 23.8 Å². The van der Waals surface area contributed by atoms with E-state index in [4.69, 9.17) is 16.6 Å². The lowest BCUT2D eigenvalue weighted by atomic mass is 10.1. The smallest absolute Gasteiger partial charge is 0.260 e. The molecule has 0 saturated carbocycles. The van der Waals surface area contributed by atoms with E-state index in [0.29, 0.717) is 17.0 Å². The molecular weight excluding hydrogens is 346 g/mol. The summed E-state index contributed by atoms with van der Waals surface area (Å²) in [7, 11) is 0. The minimum atomic E-state index is -0.0290. The Kier molecular flexibility index (Phi) is 3.33. The minimum absolute atomic E-state index is 0.0290. The first kappa shape index (κ1) is 15.2. The van der Waals surface area contributed by atoms with E-state index in [2.05, 4.69) is 0 Å². The molecule has 0 spiro atoms. The normalized spacial score (nSPS) is 11.6. The molecule has 126 valence electrons. The number of benzene rings is 2. The Balaban J connectivity index is 1.97. The SMILES string of the molecule is O=c1c2ccccc2c2nc3ccc(Cl)cn3c2n1Cc1ccccc1. The molecule has 5 aromatic rings. The Morgan fingerprint density at radius 3 is 2.42 bits per heavy atom. The fourth-order valence-electron chi connectivity index (χ4n) is 3.48. The maximum Gasteiger partial charge on any atom is 0.260 e. The van der Waals surface area contributed by atoms with Crippen LogP contribution in [0.2, 0.25) is 5.02 Å². The van der Waals surface area contributed by atoms with Gasteiger partial charge < -0.3 is 0 Å². The Morgan fingerprint density at radius 1 is 0.885 bits per heavy atom. The van der Waals surface area contributed by atoms with Crippen molar-refractivity contribution in [3.63, 3.8) is 0 Å². The van der Waals surface area contributed by atoms with E-state index in [1.54, 1.807) is 4.57 Å². The summed E-state index contributed by atoms with van der Waals surface area (Å²) in [4.78, 5) is 18.0. The molecule has 0 N–H and O–H groups in total. The number of hydrogen-bond donors (Lipinski definition) is 0. The zero-order valence-corrected chi connectivity index (χ0v) is 14.5. The summed E-state index contributed by atoms with van der Waals surface area (Å²) < 4.78 is 3.68. The van der Waals surface area contributed by atoms with Crippen molar-refractivity contribution in [2.24, 2.45) is 0 Å². The van der Waals surface area contributed by atoms with Gasteiger partial charge in [0, 0.05) is 17.0 Å². The molecular formula is C21H14ClN3O. The Hall–Kier alpha value is -3.11. The summed E-state index contributed by atoms with van der Waals surface area (Å²) in [5.41, 5.74) is 3.36. The van der Waals surface area contributed by atoms with Gasteiger partial charge in [-0.15, -0.1) is 0 Å². The molecule has 0 radical (unpaired) electrons. The van der Waals surface area contributed by atoms with Crippen LogP contribution in [-0.4, -0.2) is 14.0 Å². The number of rotatable bonds is 2. The molecule has 0 atom stereocenters. The summed E-state index contributed by atoms with van der Waals surface area (Å²) >= 11 is 6.21. The van der Waals surface area contributed by atoms with Crippen LogP contribution in [0.1, 0.15) is 5.56 Å². The number of halogens is 1. The van der Waals surface area contributed by atoms with Crippen molar-refractivity contribution >= 4 is 39.2 Å². The summed E-state index contributed by atoms with van der Waals surface area (Å²) in [6.45, 7) is 0.474. The lowest BCUT2D eigenvalue weighted by Crippen LogP contribution is -2.22. The number of aromatic nitrogens is 3. The van der Waals surface area contributed by atoms with Gasteiger partial charge in [0.15, 0.2) is 0 Å². The Morgan fingerprint density at radius 2 is 1.62 bits per heavy atom. The molecule has 0 saturated heterocycles. The van der Waals surface area contributed by atoms with Gasteiger partial charge in [0.25, 0.3) is 5.56 Å². The predicted octanol–water partition coefficient (Wildman–Crippen LogP) is 4.50. The van der Waals surface area contributed by atoms with Crippen molar-refractivity contribution in [3.05, 3.63) is 93.9 Å². The van der Waals surface area contributed by atoms with Crippen molar-refractivity contribution in [1.29, 1.82) is 0 Å². The highest BCUT2D eigenvalue weighted by Crippen LogP contribution is 2.25. The third-order valence-corrected chi connectivity index (χ3v) is 4.88. The monoisotopic (exact) mass is 359 g/mol. The molecule has 0 aliphatic heterocycles. The molecule has 26 heavy (non-hydrogen) atoms. The van der Waals surface area contributed by atoms with Crippen molar-refractivity contribution in [2.45, 2.75) is 6.54 Å². The highest BCUT2D eigenvalue weighted by molar-refractivity contribution is 6.30. The van der Waals surface area contributed by atoms with Gasteiger partial charge in [-0.2, -0.15) is 0 Å². The summed E-state index contributed by atoms with van der Waals surface area (Å²) in [5.74, 6) is 0. The van der Waals surface area contributed by atoms with Crippen LogP contribution in [0.3, 0.4) is 0 Å². The second-order valence-electron chi connectivity index (χ2n) is 6.28. The van der Waals surface area contributed by atoms with Crippen molar-refractivity contribution in [3.8, 4) is 0 Å². The van der Waals surface area contributed by atoms with Gasteiger partial charge in [0.2, 0.25) is 0 Å². The molecule has 0 amide bonds. The third-order valence-electron chi connectivity index (χ3n) is 4.65. The van der Waals surface area contributed by atoms with Gasteiger partial charge in [-0.3, -0.25) is 13.8 Å². The van der Waals surface area contributed by atoms with E-state index in [0.717, 1.165) is 27.8 Å². The molecule has 0 aliphatic carbocycles.